The molecular weight excluding hydrogens is 266 g/mol. The summed E-state index contributed by atoms with van der Waals surface area (Å²) in [6.07, 6.45) is 2.06. The van der Waals surface area contributed by atoms with Crippen molar-refractivity contribution in [2.24, 2.45) is 0 Å². The number of hydrogen-bond acceptors (Lipinski definition) is 4. The van der Waals surface area contributed by atoms with Gasteiger partial charge in [-0.15, -0.1) is 0 Å². The van der Waals surface area contributed by atoms with Gasteiger partial charge in [0, 0.05) is 18.2 Å². The minimum absolute atomic E-state index is 0.301. The van der Waals surface area contributed by atoms with Gasteiger partial charge in [-0.2, -0.15) is 0 Å². The maximum absolute atomic E-state index is 12.0. The summed E-state index contributed by atoms with van der Waals surface area (Å²) in [5.41, 5.74) is 0.737. The second-order valence-electron chi connectivity index (χ2n) is 6.72. The predicted molar refractivity (Wildman–Crippen MR) is 81.6 cm³/mol. The Hall–Kier alpha value is -1.62. The number of amides is 1. The van der Waals surface area contributed by atoms with Crippen molar-refractivity contribution in [3.8, 4) is 0 Å². The highest BCUT2D eigenvalue weighted by molar-refractivity contribution is 5.90. The first kappa shape index (κ1) is 14.3. The van der Waals surface area contributed by atoms with Gasteiger partial charge in [0.2, 0.25) is 0 Å². The Morgan fingerprint density at radius 2 is 2.19 bits per heavy atom. The van der Waals surface area contributed by atoms with Crippen molar-refractivity contribution in [3.63, 3.8) is 0 Å². The van der Waals surface area contributed by atoms with Crippen LogP contribution >= 0.6 is 0 Å². The van der Waals surface area contributed by atoms with Crippen LogP contribution in [0.15, 0.2) is 18.2 Å². The van der Waals surface area contributed by atoms with Gasteiger partial charge in [0.15, 0.2) is 0 Å². The standard InChI is InChI=1S/C16H23N3O2/c1-16(2)11-21-15(20)19(16)14-8-4-7-13(17-14)12-6-5-9-18(3)10-12/h4,7-8,12H,5-6,9-11H2,1-3H3/t12-/m0/s1. The number of nitrogens with zero attached hydrogens (tertiary/aromatic N) is 3. The van der Waals surface area contributed by atoms with Crippen LogP contribution in [0.1, 0.15) is 38.3 Å². The summed E-state index contributed by atoms with van der Waals surface area (Å²) in [6.45, 7) is 6.59. The van der Waals surface area contributed by atoms with E-state index in [9.17, 15) is 4.79 Å². The van der Waals surface area contributed by atoms with Crippen molar-refractivity contribution in [3.05, 3.63) is 23.9 Å². The van der Waals surface area contributed by atoms with E-state index in [0.717, 1.165) is 25.2 Å². The third-order valence-electron chi connectivity index (χ3n) is 4.36. The molecule has 1 amide bonds. The summed E-state index contributed by atoms with van der Waals surface area (Å²) in [5, 5.41) is 0. The Morgan fingerprint density at radius 3 is 2.86 bits per heavy atom. The third kappa shape index (κ3) is 2.75. The minimum atomic E-state index is -0.341. The van der Waals surface area contributed by atoms with Crippen molar-refractivity contribution in [1.82, 2.24) is 9.88 Å². The van der Waals surface area contributed by atoms with Crippen molar-refractivity contribution >= 4 is 11.9 Å². The van der Waals surface area contributed by atoms with Crippen molar-refractivity contribution in [1.29, 1.82) is 0 Å². The molecule has 1 aromatic rings. The lowest BCUT2D eigenvalue weighted by Crippen LogP contribution is -2.42. The number of carbonyl (C=O) groups excluding carboxylic acids is 1. The first-order valence-corrected chi connectivity index (χ1v) is 7.60. The average molecular weight is 289 g/mol. The van der Waals surface area contributed by atoms with Crippen LogP contribution in [0.4, 0.5) is 10.6 Å². The molecule has 0 N–H and O–H groups in total. The Bertz CT molecular complexity index is 544. The van der Waals surface area contributed by atoms with Crippen LogP contribution < -0.4 is 4.90 Å². The van der Waals surface area contributed by atoms with Gasteiger partial charge >= 0.3 is 6.09 Å². The number of rotatable bonds is 2. The maximum Gasteiger partial charge on any atom is 0.416 e. The van der Waals surface area contributed by atoms with E-state index in [-0.39, 0.29) is 11.6 Å². The Kier molecular flexibility index (Phi) is 3.61. The highest BCUT2D eigenvalue weighted by atomic mass is 16.6. The first-order valence-electron chi connectivity index (χ1n) is 7.60. The quantitative estimate of drug-likeness (QED) is 0.839. The predicted octanol–water partition coefficient (Wildman–Crippen LogP) is 2.63. The molecule has 0 aromatic carbocycles. The summed E-state index contributed by atoms with van der Waals surface area (Å²) < 4.78 is 5.18. The van der Waals surface area contributed by atoms with Crippen molar-refractivity contribution in [2.45, 2.75) is 38.1 Å². The fourth-order valence-corrected chi connectivity index (χ4v) is 3.22. The molecule has 5 nitrogen and oxygen atoms in total. The van der Waals surface area contributed by atoms with Crippen LogP contribution in [0.3, 0.4) is 0 Å². The van der Waals surface area contributed by atoms with E-state index in [4.69, 9.17) is 9.72 Å². The van der Waals surface area contributed by atoms with E-state index in [1.807, 2.05) is 26.0 Å². The van der Waals surface area contributed by atoms with E-state index in [0.29, 0.717) is 18.3 Å². The molecule has 3 rings (SSSR count). The van der Waals surface area contributed by atoms with Gasteiger partial charge in [-0.05, 0) is 52.4 Å². The lowest BCUT2D eigenvalue weighted by atomic mass is 9.94. The topological polar surface area (TPSA) is 45.7 Å². The van der Waals surface area contributed by atoms with E-state index in [1.54, 1.807) is 4.90 Å². The van der Waals surface area contributed by atoms with Gasteiger partial charge in [-0.1, -0.05) is 6.07 Å². The lowest BCUT2D eigenvalue weighted by Gasteiger charge is -2.31. The molecule has 0 aliphatic carbocycles. The van der Waals surface area contributed by atoms with Crippen molar-refractivity contribution in [2.75, 3.05) is 31.6 Å². The number of aromatic nitrogens is 1. The molecule has 114 valence electrons. The second kappa shape index (κ2) is 5.30. The summed E-state index contributed by atoms with van der Waals surface area (Å²) >= 11 is 0. The highest BCUT2D eigenvalue weighted by Crippen LogP contribution is 2.31. The zero-order valence-corrected chi connectivity index (χ0v) is 13.0. The molecule has 2 fully saturated rings. The van der Waals surface area contributed by atoms with E-state index in [1.165, 1.54) is 6.42 Å². The first-order chi connectivity index (χ1) is 9.97. The van der Waals surface area contributed by atoms with Gasteiger partial charge in [-0.25, -0.2) is 9.78 Å². The number of piperidine rings is 1. The van der Waals surface area contributed by atoms with Gasteiger partial charge < -0.3 is 9.64 Å². The molecule has 0 unspecified atom stereocenters. The van der Waals surface area contributed by atoms with Crippen LogP contribution in [-0.4, -0.2) is 48.3 Å². The zero-order chi connectivity index (χ0) is 15.0. The van der Waals surface area contributed by atoms with Crippen LogP contribution in [0.2, 0.25) is 0 Å². The average Bonchev–Trinajstić information content (AvgIpc) is 2.73. The Labute approximate surface area is 125 Å². The summed E-state index contributed by atoms with van der Waals surface area (Å²) in [7, 11) is 2.15. The molecule has 0 radical (unpaired) electrons. The van der Waals surface area contributed by atoms with Gasteiger partial charge in [0.25, 0.3) is 0 Å². The monoisotopic (exact) mass is 289 g/mol. The van der Waals surface area contributed by atoms with Crippen LogP contribution in [0.25, 0.3) is 0 Å². The molecule has 2 saturated heterocycles. The van der Waals surface area contributed by atoms with Gasteiger partial charge in [-0.3, -0.25) is 4.90 Å². The number of hydrogen-bond donors (Lipinski definition) is 0. The third-order valence-corrected chi connectivity index (χ3v) is 4.36. The summed E-state index contributed by atoms with van der Waals surface area (Å²) in [5.74, 6) is 1.15. The molecule has 0 saturated carbocycles. The number of carbonyl (C=O) groups is 1. The normalized spacial score (nSPS) is 26.0. The number of ether oxygens (including phenoxy) is 1. The number of likely N-dealkylation sites (tertiary alicyclic amines) is 1. The van der Waals surface area contributed by atoms with Gasteiger partial charge in [0.1, 0.15) is 12.4 Å². The molecule has 2 aliphatic rings. The molecule has 21 heavy (non-hydrogen) atoms. The lowest BCUT2D eigenvalue weighted by molar-refractivity contribution is 0.175. The van der Waals surface area contributed by atoms with Crippen molar-refractivity contribution < 1.29 is 9.53 Å². The maximum atomic E-state index is 12.0. The van der Waals surface area contributed by atoms with Crippen LogP contribution in [0.5, 0.6) is 0 Å². The van der Waals surface area contributed by atoms with Crippen LogP contribution in [0, 0.1) is 0 Å². The molecule has 1 atom stereocenters. The number of anilines is 1. The number of cyclic esters (lactones) is 1. The molecule has 0 spiro atoms. The van der Waals surface area contributed by atoms with E-state index in [2.05, 4.69) is 18.0 Å². The molecule has 1 aromatic heterocycles. The Morgan fingerprint density at radius 1 is 1.38 bits per heavy atom. The Balaban J connectivity index is 1.88. The SMILES string of the molecule is CN1CCC[C@H](c2cccc(N3C(=O)OCC3(C)C)n2)C1. The van der Waals surface area contributed by atoms with Crippen LogP contribution in [-0.2, 0) is 4.74 Å². The fraction of sp³-hybridized carbons (Fsp3) is 0.625. The second-order valence-corrected chi connectivity index (χ2v) is 6.72. The van der Waals surface area contributed by atoms with E-state index >= 15 is 0 Å². The molecule has 3 heterocycles. The smallest absolute Gasteiger partial charge is 0.416 e. The number of likely N-dealkylation sites (N-methyl/N-ethyl adjacent to an activating group) is 1. The number of pyridine rings is 1. The molecule has 2 aliphatic heterocycles. The fourth-order valence-electron chi connectivity index (χ4n) is 3.22. The molecular formula is C16H23N3O2. The molecule has 5 heteroatoms. The zero-order valence-electron chi connectivity index (χ0n) is 13.0. The summed E-state index contributed by atoms with van der Waals surface area (Å²) in [6, 6.07) is 5.96. The molecule has 0 bridgehead atoms. The highest BCUT2D eigenvalue weighted by Gasteiger charge is 2.41. The largest absolute Gasteiger partial charge is 0.447 e. The van der Waals surface area contributed by atoms with Gasteiger partial charge in [0.05, 0.1) is 5.54 Å². The summed E-state index contributed by atoms with van der Waals surface area (Å²) in [4.78, 5) is 20.8. The minimum Gasteiger partial charge on any atom is -0.447 e. The van der Waals surface area contributed by atoms with E-state index < -0.39 is 0 Å².